The molecule has 1 heterocycles. The number of methoxy groups -OCH3 is 1. The molecular weight excluding hydrogens is 282 g/mol. The van der Waals surface area contributed by atoms with Crippen LogP contribution in [0.5, 0.6) is 5.75 Å². The number of ether oxygens (including phenoxy) is 1. The molecule has 1 unspecified atom stereocenters. The van der Waals surface area contributed by atoms with Crippen molar-refractivity contribution in [2.75, 3.05) is 13.7 Å². The molecule has 0 saturated carbocycles. The summed E-state index contributed by atoms with van der Waals surface area (Å²) in [6.07, 6.45) is 0. The molecule has 0 radical (unpaired) electrons. The van der Waals surface area contributed by atoms with Crippen LogP contribution in [0, 0.1) is 10.1 Å². The van der Waals surface area contributed by atoms with Gasteiger partial charge in [0.15, 0.2) is 0 Å². The lowest BCUT2D eigenvalue weighted by Crippen LogP contribution is -2.13. The van der Waals surface area contributed by atoms with Crippen LogP contribution in [0.25, 0.3) is 11.0 Å². The van der Waals surface area contributed by atoms with Gasteiger partial charge in [-0.3, -0.25) is 10.1 Å². The van der Waals surface area contributed by atoms with Gasteiger partial charge in [0, 0.05) is 10.3 Å². The van der Waals surface area contributed by atoms with Crippen LogP contribution < -0.4 is 4.74 Å². The molecule has 2 aromatic carbocycles. The predicted octanol–water partition coefficient (Wildman–Crippen LogP) is 3.85. The number of nitro groups is 1. The maximum atomic E-state index is 11.0. The second-order valence-electron chi connectivity index (χ2n) is 5.03. The minimum Gasteiger partial charge on any atom is -0.497 e. The highest BCUT2D eigenvalue weighted by Gasteiger charge is 2.24. The molecule has 5 nitrogen and oxygen atoms in total. The molecule has 0 aliphatic heterocycles. The van der Waals surface area contributed by atoms with Crippen LogP contribution in [0.1, 0.15) is 17.2 Å². The third kappa shape index (κ3) is 2.79. The molecule has 1 aromatic heterocycles. The first-order valence-electron chi connectivity index (χ1n) is 6.91. The molecule has 22 heavy (non-hydrogen) atoms. The van der Waals surface area contributed by atoms with Gasteiger partial charge in [0.25, 0.3) is 0 Å². The van der Waals surface area contributed by atoms with Crippen molar-refractivity contribution in [3.8, 4) is 5.75 Å². The zero-order chi connectivity index (χ0) is 15.5. The summed E-state index contributed by atoms with van der Waals surface area (Å²) in [5.41, 5.74) is 1.57. The van der Waals surface area contributed by atoms with Gasteiger partial charge in [-0.2, -0.15) is 0 Å². The first-order valence-corrected chi connectivity index (χ1v) is 6.91. The average molecular weight is 297 g/mol. The maximum Gasteiger partial charge on any atom is 0.217 e. The Bertz CT molecular complexity index is 759. The van der Waals surface area contributed by atoms with Gasteiger partial charge in [-0.15, -0.1) is 0 Å². The molecule has 112 valence electrons. The van der Waals surface area contributed by atoms with Crippen molar-refractivity contribution in [1.82, 2.24) is 0 Å². The molecule has 3 rings (SSSR count). The molecule has 1 atom stereocenters. The Morgan fingerprint density at radius 3 is 2.55 bits per heavy atom. The van der Waals surface area contributed by atoms with Crippen molar-refractivity contribution >= 4 is 11.0 Å². The Balaban J connectivity index is 2.02. The molecule has 0 N–H and O–H groups in total. The van der Waals surface area contributed by atoms with E-state index in [1.165, 1.54) is 0 Å². The van der Waals surface area contributed by atoms with Crippen molar-refractivity contribution in [2.45, 2.75) is 5.92 Å². The zero-order valence-electron chi connectivity index (χ0n) is 12.1. The largest absolute Gasteiger partial charge is 0.497 e. The van der Waals surface area contributed by atoms with Crippen LogP contribution in [-0.2, 0) is 0 Å². The van der Waals surface area contributed by atoms with E-state index in [4.69, 9.17) is 9.15 Å². The lowest BCUT2D eigenvalue weighted by atomic mass is 9.96. The Morgan fingerprint density at radius 1 is 1.18 bits per heavy atom. The lowest BCUT2D eigenvalue weighted by molar-refractivity contribution is -0.482. The number of para-hydroxylation sites is 1. The summed E-state index contributed by atoms with van der Waals surface area (Å²) in [7, 11) is 1.59. The second kappa shape index (κ2) is 5.89. The normalized spacial score (nSPS) is 12.2. The van der Waals surface area contributed by atoms with E-state index >= 15 is 0 Å². The fourth-order valence-electron chi connectivity index (χ4n) is 2.52. The van der Waals surface area contributed by atoms with E-state index in [0.717, 1.165) is 16.5 Å². The van der Waals surface area contributed by atoms with Crippen LogP contribution >= 0.6 is 0 Å². The van der Waals surface area contributed by atoms with Crippen molar-refractivity contribution in [1.29, 1.82) is 0 Å². The Morgan fingerprint density at radius 2 is 1.91 bits per heavy atom. The summed E-state index contributed by atoms with van der Waals surface area (Å²) in [6.45, 7) is -0.216. The van der Waals surface area contributed by atoms with Crippen LogP contribution in [0.15, 0.2) is 59.0 Å². The quantitative estimate of drug-likeness (QED) is 0.530. The molecule has 0 saturated heterocycles. The van der Waals surface area contributed by atoms with Crippen molar-refractivity contribution in [3.63, 3.8) is 0 Å². The highest BCUT2D eigenvalue weighted by atomic mass is 16.6. The number of hydrogen-bond acceptors (Lipinski definition) is 4. The predicted molar refractivity (Wildman–Crippen MR) is 82.9 cm³/mol. The summed E-state index contributed by atoms with van der Waals surface area (Å²) < 4.78 is 10.9. The summed E-state index contributed by atoms with van der Waals surface area (Å²) in [6, 6.07) is 16.7. The van der Waals surface area contributed by atoms with Gasteiger partial charge in [0.2, 0.25) is 6.54 Å². The number of fused-ring (bicyclic) bond motifs is 1. The summed E-state index contributed by atoms with van der Waals surface area (Å²) >= 11 is 0. The van der Waals surface area contributed by atoms with Crippen molar-refractivity contribution in [3.05, 3.63) is 76.0 Å². The third-order valence-corrected chi connectivity index (χ3v) is 3.64. The molecule has 0 amide bonds. The molecule has 0 aliphatic carbocycles. The highest BCUT2D eigenvalue weighted by molar-refractivity contribution is 5.78. The van der Waals surface area contributed by atoms with Gasteiger partial charge in [0.1, 0.15) is 23.0 Å². The van der Waals surface area contributed by atoms with E-state index in [1.54, 1.807) is 19.2 Å². The van der Waals surface area contributed by atoms with Gasteiger partial charge < -0.3 is 9.15 Å². The first-order chi connectivity index (χ1) is 10.7. The van der Waals surface area contributed by atoms with Gasteiger partial charge in [-0.1, -0.05) is 30.3 Å². The third-order valence-electron chi connectivity index (χ3n) is 3.64. The van der Waals surface area contributed by atoms with Crippen LogP contribution in [0.2, 0.25) is 0 Å². The number of rotatable bonds is 5. The first kappa shape index (κ1) is 14.1. The average Bonchev–Trinajstić information content (AvgIpc) is 2.96. The van der Waals surface area contributed by atoms with Crippen molar-refractivity contribution in [2.24, 2.45) is 0 Å². The van der Waals surface area contributed by atoms with Gasteiger partial charge in [-0.05, 0) is 29.8 Å². The highest BCUT2D eigenvalue weighted by Crippen LogP contribution is 2.31. The van der Waals surface area contributed by atoms with Crippen LogP contribution in [0.4, 0.5) is 0 Å². The molecule has 3 aromatic rings. The molecular formula is C17H15NO4. The topological polar surface area (TPSA) is 65.5 Å². The Hall–Kier alpha value is -2.82. The number of benzene rings is 2. The lowest BCUT2D eigenvalue weighted by Gasteiger charge is -2.11. The molecule has 0 aliphatic rings. The maximum absolute atomic E-state index is 11.0. The molecule has 0 fully saturated rings. The van der Waals surface area contributed by atoms with Gasteiger partial charge in [-0.25, -0.2) is 0 Å². The van der Waals surface area contributed by atoms with Crippen molar-refractivity contribution < 1.29 is 14.1 Å². The van der Waals surface area contributed by atoms with Crippen LogP contribution in [0.3, 0.4) is 0 Å². The second-order valence-corrected chi connectivity index (χ2v) is 5.03. The number of furan rings is 1. The Kier molecular flexibility index (Phi) is 3.78. The van der Waals surface area contributed by atoms with E-state index in [1.807, 2.05) is 42.5 Å². The molecule has 0 bridgehead atoms. The van der Waals surface area contributed by atoms with E-state index in [-0.39, 0.29) is 11.5 Å². The van der Waals surface area contributed by atoms with Crippen LogP contribution in [-0.4, -0.2) is 18.6 Å². The smallest absolute Gasteiger partial charge is 0.217 e. The van der Waals surface area contributed by atoms with E-state index in [2.05, 4.69) is 0 Å². The minimum atomic E-state index is -0.423. The zero-order valence-corrected chi connectivity index (χ0v) is 12.1. The summed E-state index contributed by atoms with van der Waals surface area (Å²) in [5, 5.41) is 12.0. The minimum absolute atomic E-state index is 0.216. The van der Waals surface area contributed by atoms with Gasteiger partial charge >= 0.3 is 0 Å². The SMILES string of the molecule is COc1ccc(C(C[N+](=O)[O-])c2cc3ccccc3o2)cc1. The van der Waals surface area contributed by atoms with E-state index in [0.29, 0.717) is 11.5 Å². The number of hydrogen-bond donors (Lipinski definition) is 0. The fourth-order valence-corrected chi connectivity index (χ4v) is 2.52. The van der Waals surface area contributed by atoms with E-state index in [9.17, 15) is 10.1 Å². The molecule has 5 heteroatoms. The summed E-state index contributed by atoms with van der Waals surface area (Å²) in [4.78, 5) is 10.7. The standard InChI is InChI=1S/C17H15NO4/c1-21-14-8-6-12(7-9-14)15(11-18(19)20)17-10-13-4-2-3-5-16(13)22-17/h2-10,15H,11H2,1H3. The van der Waals surface area contributed by atoms with E-state index < -0.39 is 5.92 Å². The fraction of sp³-hybridized carbons (Fsp3) is 0.176. The summed E-state index contributed by atoms with van der Waals surface area (Å²) in [5.74, 6) is 0.893. The van der Waals surface area contributed by atoms with Gasteiger partial charge in [0.05, 0.1) is 7.11 Å². The Labute approximate surface area is 127 Å². The molecule has 0 spiro atoms. The number of nitrogens with zero attached hydrogens (tertiary/aromatic N) is 1. The monoisotopic (exact) mass is 297 g/mol.